The van der Waals surface area contributed by atoms with E-state index in [4.69, 9.17) is 9.47 Å². The summed E-state index contributed by atoms with van der Waals surface area (Å²) in [5.41, 5.74) is 0.148. The zero-order valence-corrected chi connectivity index (χ0v) is 23.2. The highest BCUT2D eigenvalue weighted by atomic mass is 32.1. The summed E-state index contributed by atoms with van der Waals surface area (Å²) in [6.45, 7) is 7.59. The molecule has 0 spiro atoms. The second kappa shape index (κ2) is 12.6. The molecule has 1 atom stereocenters. The molecule has 41 heavy (non-hydrogen) atoms. The Kier molecular flexibility index (Phi) is 8.93. The zero-order valence-electron chi connectivity index (χ0n) is 22.4. The van der Waals surface area contributed by atoms with Crippen LogP contribution in [0.5, 0.6) is 5.75 Å². The van der Waals surface area contributed by atoms with Crippen molar-refractivity contribution in [2.24, 2.45) is 0 Å². The predicted molar refractivity (Wildman–Crippen MR) is 152 cm³/mol. The molecule has 0 aliphatic carbocycles. The van der Waals surface area contributed by atoms with E-state index < -0.39 is 34.4 Å². The van der Waals surface area contributed by atoms with Crippen LogP contribution in [0.15, 0.2) is 66.8 Å². The molecule has 3 aromatic rings. The number of aliphatic hydroxyl groups excluding tert-OH is 1. The number of amides is 1. The minimum Gasteiger partial charge on any atom is -0.507 e. The topological polar surface area (TPSA) is 149 Å². The number of Topliss-reactive ketones (excluding diaryl/α,β-unsaturated/α-hetero) is 1. The van der Waals surface area contributed by atoms with E-state index in [-0.39, 0.29) is 44.7 Å². The third kappa shape index (κ3) is 6.02. The normalized spacial score (nSPS) is 16.0. The number of ether oxygens (including phenoxy) is 2. The Morgan fingerprint density at radius 3 is 2.63 bits per heavy atom. The SMILES string of the molecule is C=CCOC(=O)c1sc(N2C(=O)C(=O)/C(=C(\O)c3ccc(OCCCC)cc3)C2c2cccc([N+](=O)[O-])c2)nc1C. The summed E-state index contributed by atoms with van der Waals surface area (Å²) >= 11 is 0.829. The number of nitro groups is 1. The van der Waals surface area contributed by atoms with E-state index in [0.717, 1.165) is 29.1 Å². The van der Waals surface area contributed by atoms with Crippen molar-refractivity contribution in [3.63, 3.8) is 0 Å². The van der Waals surface area contributed by atoms with Gasteiger partial charge in [-0.25, -0.2) is 9.78 Å². The van der Waals surface area contributed by atoms with Crippen molar-refractivity contribution >= 4 is 45.6 Å². The van der Waals surface area contributed by atoms with E-state index in [1.807, 2.05) is 6.92 Å². The van der Waals surface area contributed by atoms with Crippen molar-refractivity contribution in [3.05, 3.63) is 98.6 Å². The summed E-state index contributed by atoms with van der Waals surface area (Å²) in [5, 5.41) is 22.9. The maximum absolute atomic E-state index is 13.4. The largest absolute Gasteiger partial charge is 0.507 e. The van der Waals surface area contributed by atoms with Gasteiger partial charge in [0.15, 0.2) is 5.13 Å². The molecular weight excluding hydrogens is 550 g/mol. The van der Waals surface area contributed by atoms with Crippen LogP contribution in [0.25, 0.3) is 5.76 Å². The molecule has 2 aromatic carbocycles. The molecule has 1 fully saturated rings. The van der Waals surface area contributed by atoms with E-state index in [9.17, 15) is 29.6 Å². The Balaban J connectivity index is 1.83. The third-order valence-electron chi connectivity index (χ3n) is 6.24. The van der Waals surface area contributed by atoms with Crippen LogP contribution in [0, 0.1) is 17.0 Å². The molecule has 11 nitrogen and oxygen atoms in total. The maximum Gasteiger partial charge on any atom is 0.350 e. The molecule has 0 saturated carbocycles. The van der Waals surface area contributed by atoms with E-state index in [1.54, 1.807) is 31.2 Å². The van der Waals surface area contributed by atoms with Crippen molar-refractivity contribution in [1.29, 1.82) is 0 Å². The highest BCUT2D eigenvalue weighted by Gasteiger charge is 2.48. The summed E-state index contributed by atoms with van der Waals surface area (Å²) in [6.07, 6.45) is 3.24. The number of nitrogens with zero attached hydrogens (tertiary/aromatic N) is 3. The number of anilines is 1. The van der Waals surface area contributed by atoms with Gasteiger partial charge < -0.3 is 14.6 Å². The van der Waals surface area contributed by atoms with Crippen LogP contribution in [0.4, 0.5) is 10.8 Å². The number of aromatic nitrogens is 1. The maximum atomic E-state index is 13.4. The highest BCUT2D eigenvalue weighted by molar-refractivity contribution is 7.17. The fourth-order valence-electron chi connectivity index (χ4n) is 4.23. The fraction of sp³-hybridized carbons (Fsp3) is 0.241. The molecular formula is C29H27N3O8S. The van der Waals surface area contributed by atoms with Crippen LogP contribution < -0.4 is 9.64 Å². The molecule has 0 bridgehead atoms. The number of ketones is 1. The van der Waals surface area contributed by atoms with Crippen molar-refractivity contribution in [2.75, 3.05) is 18.1 Å². The van der Waals surface area contributed by atoms with Crippen LogP contribution in [-0.4, -0.2) is 45.9 Å². The lowest BCUT2D eigenvalue weighted by Crippen LogP contribution is -2.29. The quantitative estimate of drug-likeness (QED) is 0.0455. The number of carbonyl (C=O) groups excluding carboxylic acids is 3. The fourth-order valence-corrected chi connectivity index (χ4v) is 5.21. The standard InChI is InChI=1S/C29H27N3O8S/c1-4-6-15-39-21-12-10-18(11-13-21)24(33)22-23(19-8-7-9-20(16-19)32(37)38)31(27(35)25(22)34)29-30-17(3)26(41-29)28(36)40-14-5-2/h5,7-13,16,23,33H,2,4,6,14-15H2,1,3H3/b24-22-. The predicted octanol–water partition coefficient (Wildman–Crippen LogP) is 5.51. The number of non-ortho nitro benzene ring substituents is 1. The average Bonchev–Trinajstić information content (AvgIpc) is 3.48. The highest BCUT2D eigenvalue weighted by Crippen LogP contribution is 2.44. The van der Waals surface area contributed by atoms with Gasteiger partial charge in [0.05, 0.1) is 28.8 Å². The minimum absolute atomic E-state index is 0.00891. The van der Waals surface area contributed by atoms with E-state index in [0.29, 0.717) is 12.4 Å². The van der Waals surface area contributed by atoms with Gasteiger partial charge in [-0.3, -0.25) is 24.6 Å². The molecule has 1 saturated heterocycles. The van der Waals surface area contributed by atoms with Gasteiger partial charge in [-0.05, 0) is 43.2 Å². The Morgan fingerprint density at radius 2 is 1.98 bits per heavy atom. The Morgan fingerprint density at radius 1 is 1.24 bits per heavy atom. The molecule has 1 aliphatic rings. The second-order valence-electron chi connectivity index (χ2n) is 9.05. The van der Waals surface area contributed by atoms with Crippen LogP contribution in [0.2, 0.25) is 0 Å². The number of thiazole rings is 1. The first kappa shape index (κ1) is 29.2. The van der Waals surface area contributed by atoms with Gasteiger partial charge in [-0.1, -0.05) is 49.5 Å². The van der Waals surface area contributed by atoms with Gasteiger partial charge in [-0.15, -0.1) is 0 Å². The monoisotopic (exact) mass is 577 g/mol. The van der Waals surface area contributed by atoms with Crippen LogP contribution >= 0.6 is 11.3 Å². The number of unbranched alkanes of at least 4 members (excludes halogenated alkanes) is 1. The Labute approximate surface area is 239 Å². The number of rotatable bonds is 11. The van der Waals surface area contributed by atoms with E-state index >= 15 is 0 Å². The van der Waals surface area contributed by atoms with Gasteiger partial charge in [0.25, 0.3) is 11.5 Å². The number of benzene rings is 2. The first-order chi connectivity index (χ1) is 19.7. The van der Waals surface area contributed by atoms with E-state index in [2.05, 4.69) is 11.6 Å². The van der Waals surface area contributed by atoms with Crippen LogP contribution in [0.3, 0.4) is 0 Å². The molecule has 0 radical (unpaired) electrons. The number of nitro benzene ring substituents is 1. The van der Waals surface area contributed by atoms with Gasteiger partial charge in [0.1, 0.15) is 23.0 Å². The molecule has 1 amide bonds. The third-order valence-corrected chi connectivity index (χ3v) is 7.38. The average molecular weight is 578 g/mol. The van der Waals surface area contributed by atoms with Gasteiger partial charge in [-0.2, -0.15) is 0 Å². The van der Waals surface area contributed by atoms with Gasteiger partial charge in [0, 0.05) is 17.7 Å². The molecule has 1 aliphatic heterocycles. The number of aliphatic hydroxyl groups is 1. The first-order valence-electron chi connectivity index (χ1n) is 12.7. The summed E-state index contributed by atoms with van der Waals surface area (Å²) in [6, 6.07) is 10.5. The number of esters is 1. The molecule has 1 unspecified atom stereocenters. The molecule has 4 rings (SSSR count). The van der Waals surface area contributed by atoms with Crippen LogP contribution in [-0.2, 0) is 14.3 Å². The summed E-state index contributed by atoms with van der Waals surface area (Å²) < 4.78 is 10.8. The molecule has 12 heteroatoms. The number of carbonyl (C=O) groups is 3. The van der Waals surface area contributed by atoms with Gasteiger partial charge in [0.2, 0.25) is 0 Å². The molecule has 1 N–H and O–H groups in total. The zero-order chi connectivity index (χ0) is 29.7. The van der Waals surface area contributed by atoms with Crippen molar-refractivity contribution in [3.8, 4) is 5.75 Å². The Bertz CT molecular complexity index is 1540. The van der Waals surface area contributed by atoms with E-state index in [1.165, 1.54) is 30.3 Å². The number of aryl methyl sites for hydroxylation is 1. The first-order valence-corrected chi connectivity index (χ1v) is 13.5. The summed E-state index contributed by atoms with van der Waals surface area (Å²) in [7, 11) is 0. The van der Waals surface area contributed by atoms with Crippen LogP contribution in [0.1, 0.15) is 52.3 Å². The second-order valence-corrected chi connectivity index (χ2v) is 10.0. The van der Waals surface area contributed by atoms with Crippen molar-refractivity contribution in [1.82, 2.24) is 4.98 Å². The summed E-state index contributed by atoms with van der Waals surface area (Å²) in [5.74, 6) is -2.61. The number of hydrogen-bond donors (Lipinski definition) is 1. The Hall–Kier alpha value is -4.84. The lowest BCUT2D eigenvalue weighted by atomic mass is 9.95. The molecule has 2 heterocycles. The molecule has 1 aromatic heterocycles. The molecule has 212 valence electrons. The van der Waals surface area contributed by atoms with Crippen molar-refractivity contribution in [2.45, 2.75) is 32.7 Å². The minimum atomic E-state index is -1.27. The smallest absolute Gasteiger partial charge is 0.350 e. The lowest BCUT2D eigenvalue weighted by molar-refractivity contribution is -0.384. The summed E-state index contributed by atoms with van der Waals surface area (Å²) in [4.78, 5) is 55.8. The lowest BCUT2D eigenvalue weighted by Gasteiger charge is -2.22. The number of hydrogen-bond acceptors (Lipinski definition) is 10. The van der Waals surface area contributed by atoms with Gasteiger partial charge >= 0.3 is 11.9 Å². The van der Waals surface area contributed by atoms with Crippen molar-refractivity contribution < 1.29 is 33.9 Å².